The van der Waals surface area contributed by atoms with Gasteiger partial charge in [-0.25, -0.2) is 4.79 Å². The van der Waals surface area contributed by atoms with Gasteiger partial charge in [-0.15, -0.1) is 0 Å². The summed E-state index contributed by atoms with van der Waals surface area (Å²) in [6, 6.07) is -0.00907. The Kier molecular flexibility index (Phi) is 15.6. The first-order valence-corrected chi connectivity index (χ1v) is 17.0. The number of hydrogen-bond donors (Lipinski definition) is 4. The number of ether oxygens (including phenoxy) is 6. The molecule has 0 aromatic rings. The van der Waals surface area contributed by atoms with Gasteiger partial charge in [0, 0.05) is 31.3 Å². The minimum Gasteiger partial charge on any atom is -0.453 e. The third-order valence-corrected chi connectivity index (χ3v) is 8.64. The summed E-state index contributed by atoms with van der Waals surface area (Å²) in [5.41, 5.74) is -1.14. The van der Waals surface area contributed by atoms with Crippen molar-refractivity contribution in [2.24, 2.45) is 0 Å². The van der Waals surface area contributed by atoms with Crippen LogP contribution in [0.3, 0.4) is 0 Å². The number of amides is 1. The molecule has 2 heterocycles. The SMILES string of the molecule is CCN[C@H]1CO[C@@H](O[C@H]2C(O[C@H]3\C=C/C=C\C=C/[C@](O)(CC)C(=C\CSC)/C3=C(\C=O)NC(=O)OC)O[C@H](C)C[C@@H]2O)C[C@@H]1OC. The van der Waals surface area contributed by atoms with Gasteiger partial charge in [0.05, 0.1) is 43.8 Å². The van der Waals surface area contributed by atoms with E-state index < -0.39 is 48.7 Å². The highest BCUT2D eigenvalue weighted by atomic mass is 32.2. The molecule has 1 aliphatic carbocycles. The van der Waals surface area contributed by atoms with Gasteiger partial charge in [0.1, 0.15) is 17.8 Å². The molecule has 2 fully saturated rings. The first-order chi connectivity index (χ1) is 22.1. The maximum Gasteiger partial charge on any atom is 0.411 e. The number of aliphatic hydroxyl groups excluding tert-OH is 1. The second-order valence-corrected chi connectivity index (χ2v) is 12.2. The molecule has 1 unspecified atom stereocenters. The topological polar surface area (TPSA) is 154 Å². The van der Waals surface area contributed by atoms with Crippen LogP contribution in [0.5, 0.6) is 0 Å². The number of carbonyl (C=O) groups excluding carboxylic acids is 2. The lowest BCUT2D eigenvalue weighted by molar-refractivity contribution is -0.320. The number of aliphatic hydroxyl groups is 2. The fourth-order valence-corrected chi connectivity index (χ4v) is 6.06. The zero-order valence-corrected chi connectivity index (χ0v) is 28.4. The summed E-state index contributed by atoms with van der Waals surface area (Å²) >= 11 is 1.52. The van der Waals surface area contributed by atoms with Crippen LogP contribution in [-0.4, -0.2) is 117 Å². The van der Waals surface area contributed by atoms with Gasteiger partial charge in [-0.3, -0.25) is 10.1 Å². The molecule has 0 spiro atoms. The molecule has 0 aromatic heterocycles. The predicted molar refractivity (Wildman–Crippen MR) is 175 cm³/mol. The number of hydrogen-bond acceptors (Lipinski definition) is 12. The van der Waals surface area contributed by atoms with Gasteiger partial charge in [0.15, 0.2) is 18.9 Å². The Labute approximate surface area is 276 Å². The molecule has 3 aliphatic rings. The number of rotatable bonds is 12. The predicted octanol–water partition coefficient (Wildman–Crippen LogP) is 2.91. The summed E-state index contributed by atoms with van der Waals surface area (Å²) < 4.78 is 35.7. The number of allylic oxidation sites excluding steroid dienone is 5. The van der Waals surface area contributed by atoms with Crippen LogP contribution in [0, 0.1) is 0 Å². The largest absolute Gasteiger partial charge is 0.453 e. The van der Waals surface area contributed by atoms with E-state index >= 15 is 0 Å². The molecule has 0 radical (unpaired) electrons. The molecule has 2 saturated heterocycles. The summed E-state index contributed by atoms with van der Waals surface area (Å²) in [6.45, 7) is 6.75. The lowest BCUT2D eigenvalue weighted by atomic mass is 9.81. The molecule has 12 nitrogen and oxygen atoms in total. The smallest absolute Gasteiger partial charge is 0.411 e. The molecule has 4 N–H and O–H groups in total. The fraction of sp³-hybridized carbons (Fsp3) is 0.636. The van der Waals surface area contributed by atoms with Gasteiger partial charge >= 0.3 is 6.09 Å². The molecule has 0 aromatic carbocycles. The van der Waals surface area contributed by atoms with Crippen molar-refractivity contribution in [2.75, 3.05) is 39.4 Å². The summed E-state index contributed by atoms with van der Waals surface area (Å²) in [7, 11) is 2.83. The summed E-state index contributed by atoms with van der Waals surface area (Å²) in [5, 5.41) is 29.1. The van der Waals surface area contributed by atoms with Crippen LogP contribution in [0.1, 0.15) is 40.0 Å². The standard InChI is InChI=1S/C33H50N2O10S/c1-7-33(39)15-12-10-9-11-13-26(29(22(33)14-16-46-6)23(19-36)35-32(38)41-5)44-31-30(25(37)17-21(3)43-31)45-28-18-27(40-4)24(20-42-28)34-8-2/h9-15,19,21,24-28,30-31,34,37,39H,7-8,16-18,20H2,1-6H3,(H,35,38)/b10-9-,13-11-,15-12-,22-14-,29-23-/t21-,24+,25+,26+,27+,28+,30-,31?,33-/m1/s1. The third kappa shape index (κ3) is 10.1. The van der Waals surface area contributed by atoms with Crippen molar-refractivity contribution in [1.29, 1.82) is 0 Å². The fourth-order valence-electron chi connectivity index (χ4n) is 5.73. The molecule has 46 heavy (non-hydrogen) atoms. The summed E-state index contributed by atoms with van der Waals surface area (Å²) in [5.74, 6) is 0.487. The van der Waals surface area contributed by atoms with Crippen LogP contribution in [0.2, 0.25) is 0 Å². The number of methoxy groups -OCH3 is 2. The average molecular weight is 667 g/mol. The van der Waals surface area contributed by atoms with E-state index in [0.29, 0.717) is 37.1 Å². The number of carbonyl (C=O) groups is 2. The minimum atomic E-state index is -1.54. The quantitative estimate of drug-likeness (QED) is 0.179. The summed E-state index contributed by atoms with van der Waals surface area (Å²) in [6.07, 6.45) is 9.13. The lowest BCUT2D eigenvalue weighted by Crippen LogP contribution is -2.56. The van der Waals surface area contributed by atoms with E-state index in [-0.39, 0.29) is 29.8 Å². The second-order valence-electron chi connectivity index (χ2n) is 11.3. The first-order valence-electron chi connectivity index (χ1n) is 15.7. The van der Waals surface area contributed by atoms with Crippen molar-refractivity contribution in [3.8, 4) is 0 Å². The number of alkyl carbamates (subject to hydrolysis) is 1. The van der Waals surface area contributed by atoms with E-state index in [0.717, 1.165) is 6.54 Å². The first kappa shape index (κ1) is 38.1. The van der Waals surface area contributed by atoms with Crippen molar-refractivity contribution in [3.05, 3.63) is 59.4 Å². The molecule has 0 bridgehead atoms. The van der Waals surface area contributed by atoms with Crippen molar-refractivity contribution in [3.63, 3.8) is 0 Å². The molecule has 258 valence electrons. The highest BCUT2D eigenvalue weighted by molar-refractivity contribution is 7.98. The minimum absolute atomic E-state index is 0.00907. The zero-order chi connectivity index (χ0) is 33.7. The van der Waals surface area contributed by atoms with E-state index in [2.05, 4.69) is 10.6 Å². The van der Waals surface area contributed by atoms with Gasteiger partial charge in [0.2, 0.25) is 0 Å². The molecular formula is C33H50N2O10S. The van der Waals surface area contributed by atoms with Crippen LogP contribution in [0.4, 0.5) is 4.79 Å². The third-order valence-electron chi connectivity index (χ3n) is 8.14. The van der Waals surface area contributed by atoms with Gasteiger partial charge in [-0.1, -0.05) is 50.3 Å². The zero-order valence-electron chi connectivity index (χ0n) is 27.5. The number of nitrogens with one attached hydrogen (secondary N) is 2. The van der Waals surface area contributed by atoms with E-state index in [1.54, 1.807) is 49.6 Å². The lowest BCUT2D eigenvalue weighted by Gasteiger charge is -2.43. The molecule has 1 amide bonds. The van der Waals surface area contributed by atoms with Crippen LogP contribution in [0.15, 0.2) is 59.4 Å². The molecular weight excluding hydrogens is 616 g/mol. The highest BCUT2D eigenvalue weighted by Gasteiger charge is 2.44. The maximum atomic E-state index is 12.6. The van der Waals surface area contributed by atoms with Gasteiger partial charge < -0.3 is 44.0 Å². The average Bonchev–Trinajstić information content (AvgIpc) is 3.05. The molecule has 0 saturated carbocycles. The van der Waals surface area contributed by atoms with E-state index in [1.807, 2.05) is 27.0 Å². The Morgan fingerprint density at radius 2 is 1.93 bits per heavy atom. The Morgan fingerprint density at radius 1 is 1.17 bits per heavy atom. The Hall–Kier alpha value is -2.33. The Balaban J connectivity index is 2.09. The van der Waals surface area contributed by atoms with Crippen LogP contribution >= 0.6 is 11.8 Å². The second kappa shape index (κ2) is 18.9. The Bertz CT molecular complexity index is 1160. The van der Waals surface area contributed by atoms with Crippen molar-refractivity contribution in [1.82, 2.24) is 10.6 Å². The maximum absolute atomic E-state index is 12.6. The van der Waals surface area contributed by atoms with Crippen LogP contribution in [-0.2, 0) is 33.2 Å². The monoisotopic (exact) mass is 666 g/mol. The van der Waals surface area contributed by atoms with E-state index in [1.165, 1.54) is 18.9 Å². The molecule has 2 aliphatic heterocycles. The van der Waals surface area contributed by atoms with Crippen LogP contribution in [0.25, 0.3) is 0 Å². The number of likely N-dealkylation sites (N-methyl/N-ethyl adjacent to an activating group) is 1. The molecule has 13 heteroatoms. The van der Waals surface area contributed by atoms with Gasteiger partial charge in [-0.05, 0) is 37.8 Å². The van der Waals surface area contributed by atoms with Gasteiger partial charge in [0.25, 0.3) is 0 Å². The normalized spacial score (nSPS) is 37.6. The molecule has 9 atom stereocenters. The van der Waals surface area contributed by atoms with Crippen molar-refractivity contribution in [2.45, 2.75) is 94.8 Å². The van der Waals surface area contributed by atoms with Crippen molar-refractivity contribution < 1.29 is 48.2 Å². The number of thioether (sulfide) groups is 1. The summed E-state index contributed by atoms with van der Waals surface area (Å²) in [4.78, 5) is 25.1. The van der Waals surface area contributed by atoms with E-state index in [4.69, 9.17) is 28.4 Å². The number of aldehydes is 1. The Morgan fingerprint density at radius 3 is 2.59 bits per heavy atom. The highest BCUT2D eigenvalue weighted by Crippen LogP contribution is 2.37. The van der Waals surface area contributed by atoms with Crippen molar-refractivity contribution >= 4 is 24.1 Å². The van der Waals surface area contributed by atoms with Crippen LogP contribution < -0.4 is 10.6 Å². The van der Waals surface area contributed by atoms with Gasteiger partial charge in [-0.2, -0.15) is 11.8 Å². The molecule has 3 rings (SSSR count). The van der Waals surface area contributed by atoms with E-state index in [9.17, 15) is 19.8 Å².